The summed E-state index contributed by atoms with van der Waals surface area (Å²) in [7, 11) is 3.23. The van der Waals surface area contributed by atoms with Crippen molar-refractivity contribution in [1.29, 1.82) is 0 Å². The van der Waals surface area contributed by atoms with Crippen molar-refractivity contribution in [2.75, 3.05) is 38.9 Å². The molecule has 1 atom stereocenters. The van der Waals surface area contributed by atoms with E-state index in [0.29, 0.717) is 23.2 Å². The highest BCUT2D eigenvalue weighted by atomic mass is 32.1. The van der Waals surface area contributed by atoms with Crippen LogP contribution in [0.1, 0.15) is 12.8 Å². The predicted molar refractivity (Wildman–Crippen MR) is 124 cm³/mol. The molecule has 168 valence electrons. The summed E-state index contributed by atoms with van der Waals surface area (Å²) in [6, 6.07) is 14.9. The van der Waals surface area contributed by atoms with Crippen molar-refractivity contribution in [3.63, 3.8) is 0 Å². The van der Waals surface area contributed by atoms with Gasteiger partial charge in [-0.25, -0.2) is 4.98 Å². The summed E-state index contributed by atoms with van der Waals surface area (Å²) in [5, 5.41) is 2.58. The average molecular weight is 455 g/mol. The Hall–Kier alpha value is -3.10. The average Bonchev–Trinajstić information content (AvgIpc) is 3.53. The maximum Gasteiger partial charge on any atom is 0.266 e. The minimum atomic E-state index is -0.168. The zero-order valence-electron chi connectivity index (χ0n) is 18.2. The van der Waals surface area contributed by atoms with Crippen LogP contribution in [0.3, 0.4) is 0 Å². The van der Waals surface area contributed by atoms with Gasteiger partial charge in [0, 0.05) is 23.6 Å². The molecular formula is C24H26N2O5S. The van der Waals surface area contributed by atoms with Crippen molar-refractivity contribution >= 4 is 22.4 Å². The van der Waals surface area contributed by atoms with Gasteiger partial charge < -0.3 is 18.9 Å². The molecule has 1 aliphatic rings. The van der Waals surface area contributed by atoms with E-state index < -0.39 is 0 Å². The van der Waals surface area contributed by atoms with Gasteiger partial charge in [-0.15, -0.1) is 11.3 Å². The molecule has 1 saturated heterocycles. The second-order valence-electron chi connectivity index (χ2n) is 7.35. The van der Waals surface area contributed by atoms with Crippen LogP contribution in [-0.4, -0.2) is 51.0 Å². The number of anilines is 1. The van der Waals surface area contributed by atoms with Crippen molar-refractivity contribution in [2.24, 2.45) is 0 Å². The number of hydrogen-bond donors (Lipinski definition) is 0. The molecule has 1 unspecified atom stereocenters. The van der Waals surface area contributed by atoms with Gasteiger partial charge in [-0.05, 0) is 49.2 Å². The fraction of sp³-hybridized carbons (Fsp3) is 0.333. The second-order valence-corrected chi connectivity index (χ2v) is 8.19. The van der Waals surface area contributed by atoms with E-state index >= 15 is 0 Å². The van der Waals surface area contributed by atoms with E-state index in [0.717, 1.165) is 36.5 Å². The Labute approximate surface area is 191 Å². The van der Waals surface area contributed by atoms with Crippen LogP contribution in [0.15, 0.2) is 53.9 Å². The van der Waals surface area contributed by atoms with Crippen LogP contribution in [-0.2, 0) is 9.53 Å². The largest absolute Gasteiger partial charge is 0.497 e. The number of hydrogen-bond acceptors (Lipinski definition) is 7. The minimum Gasteiger partial charge on any atom is -0.497 e. The van der Waals surface area contributed by atoms with Crippen molar-refractivity contribution < 1.29 is 23.7 Å². The number of thiazole rings is 1. The maximum absolute atomic E-state index is 13.2. The van der Waals surface area contributed by atoms with Crippen LogP contribution in [0.4, 0.5) is 5.13 Å². The molecular weight excluding hydrogens is 428 g/mol. The Balaban J connectivity index is 1.50. The molecule has 1 amide bonds. The Morgan fingerprint density at radius 1 is 1.12 bits per heavy atom. The summed E-state index contributed by atoms with van der Waals surface area (Å²) in [5.41, 5.74) is 1.77. The molecule has 0 bridgehead atoms. The molecule has 2 aromatic carbocycles. The van der Waals surface area contributed by atoms with Crippen LogP contribution in [0.2, 0.25) is 0 Å². The summed E-state index contributed by atoms with van der Waals surface area (Å²) < 4.78 is 22.0. The van der Waals surface area contributed by atoms with Crippen LogP contribution < -0.4 is 19.1 Å². The first kappa shape index (κ1) is 22.1. The highest BCUT2D eigenvalue weighted by Crippen LogP contribution is 2.30. The van der Waals surface area contributed by atoms with E-state index in [4.69, 9.17) is 23.9 Å². The normalized spacial score (nSPS) is 15.4. The first-order valence-electron chi connectivity index (χ1n) is 10.4. The van der Waals surface area contributed by atoms with Crippen LogP contribution in [0.25, 0.3) is 11.3 Å². The van der Waals surface area contributed by atoms with Crippen molar-refractivity contribution in [1.82, 2.24) is 4.98 Å². The van der Waals surface area contributed by atoms with E-state index in [9.17, 15) is 4.79 Å². The molecule has 0 radical (unpaired) electrons. The fourth-order valence-electron chi connectivity index (χ4n) is 3.48. The van der Waals surface area contributed by atoms with Gasteiger partial charge in [-0.3, -0.25) is 9.69 Å². The summed E-state index contributed by atoms with van der Waals surface area (Å²) >= 11 is 1.43. The lowest BCUT2D eigenvalue weighted by Gasteiger charge is -2.23. The number of nitrogens with zero attached hydrogens (tertiary/aromatic N) is 2. The Bertz CT molecular complexity index is 1030. The summed E-state index contributed by atoms with van der Waals surface area (Å²) in [5.74, 6) is 1.87. The lowest BCUT2D eigenvalue weighted by molar-refractivity contribution is -0.120. The molecule has 0 aliphatic carbocycles. The summed E-state index contributed by atoms with van der Waals surface area (Å²) in [4.78, 5) is 19.6. The molecule has 0 N–H and O–H groups in total. The number of methoxy groups -OCH3 is 2. The van der Waals surface area contributed by atoms with E-state index in [2.05, 4.69) is 0 Å². The first-order valence-corrected chi connectivity index (χ1v) is 11.3. The molecule has 1 fully saturated rings. The number of benzene rings is 2. The second kappa shape index (κ2) is 10.5. The van der Waals surface area contributed by atoms with Gasteiger partial charge in [0.15, 0.2) is 11.7 Å². The minimum absolute atomic E-state index is 0.00380. The SMILES string of the molecule is COc1ccc(-c2csc(N(CC3CCCO3)C(=O)COc3cccc(OC)c3)n2)cc1. The van der Waals surface area contributed by atoms with Gasteiger partial charge in [-0.2, -0.15) is 0 Å². The predicted octanol–water partition coefficient (Wildman–Crippen LogP) is 4.42. The number of aromatic nitrogens is 1. The van der Waals surface area contributed by atoms with E-state index in [1.807, 2.05) is 41.8 Å². The molecule has 1 aromatic heterocycles. The highest BCUT2D eigenvalue weighted by Gasteiger charge is 2.26. The number of carbonyl (C=O) groups is 1. The number of amides is 1. The third-order valence-electron chi connectivity index (χ3n) is 5.22. The lowest BCUT2D eigenvalue weighted by Crippen LogP contribution is -2.40. The molecule has 4 rings (SSSR count). The molecule has 2 heterocycles. The molecule has 32 heavy (non-hydrogen) atoms. The zero-order valence-corrected chi connectivity index (χ0v) is 19.0. The van der Waals surface area contributed by atoms with Crippen molar-refractivity contribution in [3.8, 4) is 28.5 Å². The van der Waals surface area contributed by atoms with Gasteiger partial charge >= 0.3 is 0 Å². The molecule has 0 spiro atoms. The number of rotatable bonds is 9. The van der Waals surface area contributed by atoms with Crippen molar-refractivity contribution in [3.05, 3.63) is 53.9 Å². The van der Waals surface area contributed by atoms with E-state index in [1.165, 1.54) is 11.3 Å². The smallest absolute Gasteiger partial charge is 0.266 e. The Morgan fingerprint density at radius 2 is 1.91 bits per heavy atom. The van der Waals surface area contributed by atoms with Crippen LogP contribution in [0.5, 0.6) is 17.2 Å². The van der Waals surface area contributed by atoms with Gasteiger partial charge in [0.2, 0.25) is 0 Å². The topological polar surface area (TPSA) is 70.1 Å². The van der Waals surface area contributed by atoms with Gasteiger partial charge in [0.1, 0.15) is 17.2 Å². The Kier molecular flexibility index (Phi) is 7.24. The first-order chi connectivity index (χ1) is 15.7. The van der Waals surface area contributed by atoms with Crippen LogP contribution >= 0.6 is 11.3 Å². The Morgan fingerprint density at radius 3 is 2.62 bits per heavy atom. The lowest BCUT2D eigenvalue weighted by atomic mass is 10.2. The highest BCUT2D eigenvalue weighted by molar-refractivity contribution is 7.14. The number of carbonyl (C=O) groups excluding carboxylic acids is 1. The fourth-order valence-corrected chi connectivity index (χ4v) is 4.34. The molecule has 1 aliphatic heterocycles. The van der Waals surface area contributed by atoms with Gasteiger partial charge in [-0.1, -0.05) is 6.07 Å². The van der Waals surface area contributed by atoms with E-state index in [1.54, 1.807) is 31.3 Å². The van der Waals surface area contributed by atoms with Gasteiger partial charge in [0.05, 0.1) is 32.6 Å². The van der Waals surface area contributed by atoms with E-state index in [-0.39, 0.29) is 18.6 Å². The molecule has 0 saturated carbocycles. The number of ether oxygens (including phenoxy) is 4. The molecule has 7 nitrogen and oxygen atoms in total. The van der Waals surface area contributed by atoms with Crippen molar-refractivity contribution in [2.45, 2.75) is 18.9 Å². The zero-order chi connectivity index (χ0) is 22.3. The maximum atomic E-state index is 13.2. The molecule has 8 heteroatoms. The summed E-state index contributed by atoms with van der Waals surface area (Å²) in [6.07, 6.45) is 1.93. The van der Waals surface area contributed by atoms with Gasteiger partial charge in [0.25, 0.3) is 5.91 Å². The standard InChI is InChI=1S/C24H26N2O5S/c1-28-18-10-8-17(9-11-18)22-16-32-24(25-22)26(14-21-7-4-12-30-21)23(27)15-31-20-6-3-5-19(13-20)29-2/h3,5-6,8-11,13,16,21H,4,7,12,14-15H2,1-2H3. The monoisotopic (exact) mass is 454 g/mol. The molecule has 3 aromatic rings. The third kappa shape index (κ3) is 5.38. The summed E-state index contributed by atoms with van der Waals surface area (Å²) in [6.45, 7) is 1.08. The quantitative estimate of drug-likeness (QED) is 0.477. The van der Waals surface area contributed by atoms with Crippen LogP contribution in [0, 0.1) is 0 Å². The third-order valence-corrected chi connectivity index (χ3v) is 6.09.